The first kappa shape index (κ1) is 8.39. The van der Waals surface area contributed by atoms with Crippen LogP contribution in [0.3, 0.4) is 0 Å². The summed E-state index contributed by atoms with van der Waals surface area (Å²) in [5.74, 6) is 0. The van der Waals surface area contributed by atoms with Gasteiger partial charge >= 0.3 is 0 Å². The minimum atomic E-state index is 0.651. The van der Waals surface area contributed by atoms with Gasteiger partial charge in [0.25, 0.3) is 0 Å². The molecule has 2 rings (SSSR count). The third-order valence-corrected chi connectivity index (χ3v) is 2.76. The molecule has 0 aromatic heterocycles. The van der Waals surface area contributed by atoms with Gasteiger partial charge in [-0.2, -0.15) is 0 Å². The van der Waals surface area contributed by atoms with Crippen molar-refractivity contribution in [2.45, 2.75) is 6.92 Å². The van der Waals surface area contributed by atoms with Crippen LogP contribution in [-0.4, -0.2) is 0 Å². The molecule has 0 amide bonds. The van der Waals surface area contributed by atoms with Gasteiger partial charge in [0.1, 0.15) is 0 Å². The average Bonchev–Trinajstić information content (AvgIpc) is 2.15. The van der Waals surface area contributed by atoms with Crippen molar-refractivity contribution in [1.29, 1.82) is 0 Å². The predicted octanol–water partition coefficient (Wildman–Crippen LogP) is 3.38. The molecule has 0 heterocycles. The molecule has 0 saturated carbocycles. The van der Waals surface area contributed by atoms with E-state index in [1.807, 2.05) is 31.2 Å². The lowest BCUT2D eigenvalue weighted by Crippen LogP contribution is -1.89. The number of hydrogen-bond acceptors (Lipinski definition) is 1. The molecule has 0 spiro atoms. The second-order valence-corrected chi connectivity index (χ2v) is 3.50. The number of halogens is 1. The van der Waals surface area contributed by atoms with E-state index in [0.717, 1.165) is 10.9 Å². The van der Waals surface area contributed by atoms with Crippen molar-refractivity contribution in [1.82, 2.24) is 0 Å². The number of fused-ring (bicyclic) bond motifs is 1. The molecule has 1 nitrogen and oxygen atoms in total. The fraction of sp³-hybridized carbons (Fsp3) is 0.0909. The summed E-state index contributed by atoms with van der Waals surface area (Å²) in [5.41, 5.74) is 7.46. The number of aryl methyl sites for hydroxylation is 1. The van der Waals surface area contributed by atoms with Crippen LogP contribution >= 0.6 is 11.6 Å². The maximum Gasteiger partial charge on any atom is 0.0670 e. The molecule has 2 heteroatoms. The smallest absolute Gasteiger partial charge is 0.0670 e. The Labute approximate surface area is 82.1 Å². The zero-order chi connectivity index (χ0) is 9.42. The van der Waals surface area contributed by atoms with Gasteiger partial charge in [-0.05, 0) is 29.3 Å². The van der Waals surface area contributed by atoms with Crippen LogP contribution in [0.4, 0.5) is 5.69 Å². The van der Waals surface area contributed by atoms with E-state index in [2.05, 4.69) is 6.07 Å². The first-order valence-corrected chi connectivity index (χ1v) is 4.51. The normalized spacial score (nSPS) is 10.6. The second kappa shape index (κ2) is 2.93. The largest absolute Gasteiger partial charge is 0.397 e. The zero-order valence-electron chi connectivity index (χ0n) is 7.34. The Bertz CT molecular complexity index is 463. The van der Waals surface area contributed by atoms with Crippen molar-refractivity contribution in [2.75, 3.05) is 5.73 Å². The molecule has 0 bridgehead atoms. The highest BCUT2D eigenvalue weighted by molar-refractivity contribution is 6.35. The maximum absolute atomic E-state index is 6.03. The Morgan fingerprint density at radius 1 is 1.23 bits per heavy atom. The molecule has 2 N–H and O–H groups in total. The van der Waals surface area contributed by atoms with E-state index in [1.165, 1.54) is 5.39 Å². The molecule has 0 radical (unpaired) electrons. The molecular weight excluding hydrogens is 182 g/mol. The molecule has 0 aliphatic heterocycles. The van der Waals surface area contributed by atoms with Gasteiger partial charge in [0.05, 0.1) is 10.7 Å². The first-order chi connectivity index (χ1) is 6.20. The van der Waals surface area contributed by atoms with Crippen molar-refractivity contribution in [3.8, 4) is 0 Å². The second-order valence-electron chi connectivity index (χ2n) is 3.13. The molecule has 66 valence electrons. The van der Waals surface area contributed by atoms with Gasteiger partial charge in [0.15, 0.2) is 0 Å². The summed E-state index contributed by atoms with van der Waals surface area (Å²) in [7, 11) is 0. The molecule has 13 heavy (non-hydrogen) atoms. The summed E-state index contributed by atoms with van der Waals surface area (Å²) < 4.78 is 0. The number of benzene rings is 2. The van der Waals surface area contributed by atoms with Crippen LogP contribution in [0, 0.1) is 6.92 Å². The van der Waals surface area contributed by atoms with Crippen LogP contribution in [0.1, 0.15) is 5.56 Å². The Balaban J connectivity index is 2.94. The number of rotatable bonds is 0. The summed E-state index contributed by atoms with van der Waals surface area (Å²) in [6.07, 6.45) is 0. The molecule has 0 atom stereocenters. The van der Waals surface area contributed by atoms with E-state index in [-0.39, 0.29) is 0 Å². The molecule has 2 aromatic rings. The van der Waals surface area contributed by atoms with Crippen molar-refractivity contribution >= 4 is 28.1 Å². The van der Waals surface area contributed by atoms with Gasteiger partial charge in [-0.15, -0.1) is 0 Å². The fourth-order valence-electron chi connectivity index (χ4n) is 1.53. The van der Waals surface area contributed by atoms with E-state index < -0.39 is 0 Å². The number of nitrogen functional groups attached to an aromatic ring is 1. The summed E-state index contributed by atoms with van der Waals surface area (Å²) in [4.78, 5) is 0. The summed E-state index contributed by atoms with van der Waals surface area (Å²) in [6, 6.07) is 9.99. The van der Waals surface area contributed by atoms with Crippen LogP contribution in [0.5, 0.6) is 0 Å². The zero-order valence-corrected chi connectivity index (χ0v) is 8.10. The van der Waals surface area contributed by atoms with E-state index >= 15 is 0 Å². The van der Waals surface area contributed by atoms with Crippen LogP contribution < -0.4 is 5.73 Å². The minimum Gasteiger partial charge on any atom is -0.397 e. The third kappa shape index (κ3) is 1.25. The summed E-state index contributed by atoms with van der Waals surface area (Å²) in [6.45, 7) is 1.99. The van der Waals surface area contributed by atoms with E-state index in [4.69, 9.17) is 17.3 Å². The molecule has 0 unspecified atom stereocenters. The Hall–Kier alpha value is -1.21. The van der Waals surface area contributed by atoms with Crippen LogP contribution in [-0.2, 0) is 0 Å². The van der Waals surface area contributed by atoms with Gasteiger partial charge in [-0.25, -0.2) is 0 Å². The molecular formula is C11H10ClN. The van der Waals surface area contributed by atoms with Crippen LogP contribution in [0.25, 0.3) is 10.8 Å². The summed E-state index contributed by atoms with van der Waals surface area (Å²) in [5, 5.41) is 2.97. The SMILES string of the molecule is Cc1c(Cl)c(N)cc2ccccc12. The van der Waals surface area contributed by atoms with E-state index in [9.17, 15) is 0 Å². The molecule has 0 saturated heterocycles. The fourth-order valence-corrected chi connectivity index (χ4v) is 1.69. The van der Waals surface area contributed by atoms with Crippen molar-refractivity contribution in [2.24, 2.45) is 0 Å². The average molecular weight is 192 g/mol. The van der Waals surface area contributed by atoms with Crippen molar-refractivity contribution < 1.29 is 0 Å². The molecule has 2 aromatic carbocycles. The van der Waals surface area contributed by atoms with Crippen molar-refractivity contribution in [3.63, 3.8) is 0 Å². The number of nitrogens with two attached hydrogens (primary N) is 1. The van der Waals surface area contributed by atoms with Crippen molar-refractivity contribution in [3.05, 3.63) is 40.9 Å². The highest BCUT2D eigenvalue weighted by Crippen LogP contribution is 2.30. The molecule has 0 fully saturated rings. The van der Waals surface area contributed by atoms with Gasteiger partial charge in [0, 0.05) is 0 Å². The first-order valence-electron chi connectivity index (χ1n) is 4.13. The lowest BCUT2D eigenvalue weighted by atomic mass is 10.0. The minimum absolute atomic E-state index is 0.651. The Morgan fingerprint density at radius 2 is 1.92 bits per heavy atom. The highest BCUT2D eigenvalue weighted by atomic mass is 35.5. The Morgan fingerprint density at radius 3 is 2.69 bits per heavy atom. The van der Waals surface area contributed by atoms with Crippen LogP contribution in [0.2, 0.25) is 5.02 Å². The van der Waals surface area contributed by atoms with E-state index in [1.54, 1.807) is 0 Å². The standard InChI is InChI=1S/C11H10ClN/c1-7-9-5-3-2-4-8(9)6-10(13)11(7)12/h2-6H,13H2,1H3. The van der Waals surface area contributed by atoms with Gasteiger partial charge < -0.3 is 5.73 Å². The third-order valence-electron chi connectivity index (χ3n) is 2.26. The number of hydrogen-bond donors (Lipinski definition) is 1. The maximum atomic E-state index is 6.03. The molecule has 0 aliphatic rings. The highest BCUT2D eigenvalue weighted by Gasteiger charge is 2.04. The van der Waals surface area contributed by atoms with Crippen LogP contribution in [0.15, 0.2) is 30.3 Å². The van der Waals surface area contributed by atoms with E-state index in [0.29, 0.717) is 10.7 Å². The Kier molecular flexibility index (Phi) is 1.89. The van der Waals surface area contributed by atoms with Gasteiger partial charge in [-0.3, -0.25) is 0 Å². The van der Waals surface area contributed by atoms with Gasteiger partial charge in [0.2, 0.25) is 0 Å². The lowest BCUT2D eigenvalue weighted by Gasteiger charge is -2.06. The summed E-state index contributed by atoms with van der Waals surface area (Å²) >= 11 is 6.03. The monoisotopic (exact) mass is 191 g/mol. The lowest BCUT2D eigenvalue weighted by molar-refractivity contribution is 1.53. The topological polar surface area (TPSA) is 26.0 Å². The quantitative estimate of drug-likeness (QED) is 0.635. The number of anilines is 1. The van der Waals surface area contributed by atoms with Gasteiger partial charge in [-0.1, -0.05) is 35.9 Å². The molecule has 0 aliphatic carbocycles. The predicted molar refractivity (Wildman–Crippen MR) is 58.1 cm³/mol.